The molecule has 2 rings (SSSR count). The molecule has 2 aromatic rings. The van der Waals surface area contributed by atoms with E-state index in [9.17, 15) is 0 Å². The van der Waals surface area contributed by atoms with Crippen molar-refractivity contribution in [2.24, 2.45) is 0 Å². The van der Waals surface area contributed by atoms with E-state index < -0.39 is 0 Å². The fourth-order valence-electron chi connectivity index (χ4n) is 1.66. The molecule has 1 N–H and O–H groups in total. The second-order valence-corrected chi connectivity index (χ2v) is 4.76. The first-order valence-corrected chi connectivity index (χ1v) is 6.62. The van der Waals surface area contributed by atoms with Gasteiger partial charge in [0.1, 0.15) is 12.1 Å². The van der Waals surface area contributed by atoms with Gasteiger partial charge >= 0.3 is 0 Å². The van der Waals surface area contributed by atoms with Crippen molar-refractivity contribution in [3.05, 3.63) is 27.9 Å². The summed E-state index contributed by atoms with van der Waals surface area (Å²) in [6, 6.07) is 0. The third-order valence-corrected chi connectivity index (χ3v) is 2.95. The predicted octanol–water partition coefficient (Wildman–Crippen LogP) is 2.26. The number of halogens is 1. The van der Waals surface area contributed by atoms with Crippen molar-refractivity contribution >= 4 is 28.4 Å². The van der Waals surface area contributed by atoms with Gasteiger partial charge in [-0.25, -0.2) is 14.6 Å². The van der Waals surface area contributed by atoms with Gasteiger partial charge in [-0.2, -0.15) is 5.10 Å². The molecular formula is C11H14IN5. The van der Waals surface area contributed by atoms with Crippen LogP contribution in [0.2, 0.25) is 0 Å². The minimum atomic E-state index is 0.847. The Labute approximate surface area is 114 Å². The second-order valence-electron chi connectivity index (χ2n) is 3.51. The molecule has 0 atom stereocenters. The Bertz CT molecular complexity index is 508. The molecule has 0 aliphatic carbocycles. The van der Waals surface area contributed by atoms with Gasteiger partial charge in [-0.15, -0.1) is 0 Å². The van der Waals surface area contributed by atoms with Crippen molar-refractivity contribution in [2.45, 2.75) is 20.3 Å². The molecule has 0 amide bonds. The summed E-state index contributed by atoms with van der Waals surface area (Å²) in [4.78, 5) is 8.59. The first-order chi connectivity index (χ1) is 8.26. The average molecular weight is 343 g/mol. The van der Waals surface area contributed by atoms with Gasteiger partial charge in [0.2, 0.25) is 0 Å². The number of hydrogen-bond donors (Lipinski definition) is 1. The molecule has 0 fully saturated rings. The van der Waals surface area contributed by atoms with Crippen LogP contribution in [0.25, 0.3) is 5.82 Å². The van der Waals surface area contributed by atoms with Crippen LogP contribution in [0.3, 0.4) is 0 Å². The Morgan fingerprint density at radius 2 is 2.18 bits per heavy atom. The fourth-order valence-corrected chi connectivity index (χ4v) is 2.05. The monoisotopic (exact) mass is 343 g/mol. The summed E-state index contributed by atoms with van der Waals surface area (Å²) in [7, 11) is 0. The Morgan fingerprint density at radius 1 is 1.35 bits per heavy atom. The van der Waals surface area contributed by atoms with Gasteiger partial charge in [-0.1, -0.05) is 6.92 Å². The molecule has 0 aromatic carbocycles. The first kappa shape index (κ1) is 12.3. The van der Waals surface area contributed by atoms with Gasteiger partial charge in [0.25, 0.3) is 0 Å². The molecule has 0 spiro atoms. The van der Waals surface area contributed by atoms with Crippen molar-refractivity contribution in [3.8, 4) is 5.82 Å². The molecule has 90 valence electrons. The Hall–Kier alpha value is -1.18. The SMILES string of the molecule is CCNc1ncnc(-n2cc(I)cn2)c1CC. The quantitative estimate of drug-likeness (QED) is 0.866. The van der Waals surface area contributed by atoms with Crippen LogP contribution in [0, 0.1) is 3.57 Å². The van der Waals surface area contributed by atoms with Gasteiger partial charge in [0.15, 0.2) is 5.82 Å². The van der Waals surface area contributed by atoms with Crippen LogP contribution in [0.1, 0.15) is 19.4 Å². The molecule has 0 aliphatic rings. The van der Waals surface area contributed by atoms with Crippen LogP contribution in [0.5, 0.6) is 0 Å². The van der Waals surface area contributed by atoms with Crippen molar-refractivity contribution in [2.75, 3.05) is 11.9 Å². The lowest BCUT2D eigenvalue weighted by Crippen LogP contribution is -2.09. The molecule has 17 heavy (non-hydrogen) atoms. The molecule has 0 saturated heterocycles. The van der Waals surface area contributed by atoms with Crippen LogP contribution in [-0.2, 0) is 6.42 Å². The highest BCUT2D eigenvalue weighted by atomic mass is 127. The van der Waals surface area contributed by atoms with Crippen LogP contribution in [0.4, 0.5) is 5.82 Å². The molecule has 6 heteroatoms. The molecular weight excluding hydrogens is 329 g/mol. The van der Waals surface area contributed by atoms with Gasteiger partial charge in [-0.05, 0) is 35.9 Å². The molecule has 0 aliphatic heterocycles. The van der Waals surface area contributed by atoms with Crippen molar-refractivity contribution < 1.29 is 0 Å². The van der Waals surface area contributed by atoms with E-state index in [0.717, 1.165) is 33.7 Å². The standard InChI is InChI=1S/C11H14IN5/c1-3-9-10(13-4-2)14-7-15-11(9)17-6-8(12)5-16-17/h5-7H,3-4H2,1-2H3,(H,13,14,15). The highest BCUT2D eigenvalue weighted by Crippen LogP contribution is 2.19. The van der Waals surface area contributed by atoms with Crippen LogP contribution in [-0.4, -0.2) is 26.3 Å². The predicted molar refractivity (Wildman–Crippen MR) is 75.4 cm³/mol. The average Bonchev–Trinajstić information content (AvgIpc) is 2.76. The highest BCUT2D eigenvalue weighted by Gasteiger charge is 2.11. The van der Waals surface area contributed by atoms with E-state index in [-0.39, 0.29) is 0 Å². The number of nitrogens with zero attached hydrogens (tertiary/aromatic N) is 4. The maximum Gasteiger partial charge on any atom is 0.161 e. The van der Waals surface area contributed by atoms with Gasteiger partial charge < -0.3 is 5.32 Å². The van der Waals surface area contributed by atoms with E-state index in [4.69, 9.17) is 0 Å². The van der Waals surface area contributed by atoms with E-state index in [0.29, 0.717) is 0 Å². The molecule has 2 heterocycles. The normalized spacial score (nSPS) is 10.5. The maximum atomic E-state index is 4.32. The van der Waals surface area contributed by atoms with E-state index in [1.165, 1.54) is 0 Å². The van der Waals surface area contributed by atoms with E-state index in [2.05, 4.69) is 56.8 Å². The molecule has 0 radical (unpaired) electrons. The number of rotatable bonds is 4. The summed E-state index contributed by atoms with van der Waals surface area (Å²) < 4.78 is 2.89. The molecule has 2 aromatic heterocycles. The third-order valence-electron chi connectivity index (χ3n) is 2.39. The van der Waals surface area contributed by atoms with Crippen molar-refractivity contribution in [3.63, 3.8) is 0 Å². The van der Waals surface area contributed by atoms with Crippen LogP contribution in [0.15, 0.2) is 18.7 Å². The summed E-state index contributed by atoms with van der Waals surface area (Å²) in [5.41, 5.74) is 1.09. The zero-order chi connectivity index (χ0) is 12.3. The van der Waals surface area contributed by atoms with Crippen LogP contribution < -0.4 is 5.32 Å². The highest BCUT2D eigenvalue weighted by molar-refractivity contribution is 14.1. The first-order valence-electron chi connectivity index (χ1n) is 5.54. The Balaban J connectivity index is 2.49. The Kier molecular flexibility index (Phi) is 3.93. The minimum Gasteiger partial charge on any atom is -0.370 e. The lowest BCUT2D eigenvalue weighted by atomic mass is 10.2. The maximum absolute atomic E-state index is 4.32. The van der Waals surface area contributed by atoms with E-state index >= 15 is 0 Å². The van der Waals surface area contributed by atoms with Crippen LogP contribution >= 0.6 is 22.6 Å². The summed E-state index contributed by atoms with van der Waals surface area (Å²) in [6.45, 7) is 5.00. The van der Waals surface area contributed by atoms with Gasteiger partial charge in [0.05, 0.1) is 9.77 Å². The van der Waals surface area contributed by atoms with E-state index in [1.807, 2.05) is 12.4 Å². The number of hydrogen-bond acceptors (Lipinski definition) is 4. The molecule has 0 bridgehead atoms. The van der Waals surface area contributed by atoms with E-state index in [1.54, 1.807) is 11.0 Å². The molecule has 0 unspecified atom stereocenters. The Morgan fingerprint density at radius 3 is 2.76 bits per heavy atom. The number of anilines is 1. The van der Waals surface area contributed by atoms with Crippen molar-refractivity contribution in [1.29, 1.82) is 0 Å². The lowest BCUT2D eigenvalue weighted by molar-refractivity contribution is 0.817. The summed E-state index contributed by atoms with van der Waals surface area (Å²) in [5, 5.41) is 7.54. The topological polar surface area (TPSA) is 55.6 Å². The van der Waals surface area contributed by atoms with Gasteiger partial charge in [-0.3, -0.25) is 0 Å². The zero-order valence-corrected chi connectivity index (χ0v) is 12.0. The summed E-state index contributed by atoms with van der Waals surface area (Å²) in [6.07, 6.45) is 6.21. The lowest BCUT2D eigenvalue weighted by Gasteiger charge is -2.11. The second kappa shape index (κ2) is 5.44. The number of aromatic nitrogens is 4. The molecule has 0 saturated carbocycles. The minimum absolute atomic E-state index is 0.847. The third kappa shape index (κ3) is 2.56. The number of nitrogens with one attached hydrogen (secondary N) is 1. The van der Waals surface area contributed by atoms with Gasteiger partial charge in [0, 0.05) is 18.3 Å². The smallest absolute Gasteiger partial charge is 0.161 e. The molecule has 5 nitrogen and oxygen atoms in total. The summed E-state index contributed by atoms with van der Waals surface area (Å²) >= 11 is 2.23. The largest absolute Gasteiger partial charge is 0.370 e. The summed E-state index contributed by atoms with van der Waals surface area (Å²) in [5.74, 6) is 1.74. The van der Waals surface area contributed by atoms with Crippen molar-refractivity contribution in [1.82, 2.24) is 19.7 Å². The fraction of sp³-hybridized carbons (Fsp3) is 0.364. The zero-order valence-electron chi connectivity index (χ0n) is 9.81.